The molecule has 2 aliphatic rings. The van der Waals surface area contributed by atoms with Crippen molar-refractivity contribution in [3.63, 3.8) is 0 Å². The summed E-state index contributed by atoms with van der Waals surface area (Å²) >= 11 is 6.37. The molecule has 10 nitrogen and oxygen atoms in total. The number of nitrogen functional groups attached to an aromatic ring is 1. The lowest BCUT2D eigenvalue weighted by molar-refractivity contribution is 0.0636. The van der Waals surface area contributed by atoms with Crippen LogP contribution in [0.25, 0.3) is 11.4 Å². The van der Waals surface area contributed by atoms with E-state index in [1.54, 1.807) is 51.1 Å². The second-order valence-corrected chi connectivity index (χ2v) is 14.1. The second-order valence-electron chi connectivity index (χ2n) is 11.4. The van der Waals surface area contributed by atoms with Gasteiger partial charge in [0.2, 0.25) is 0 Å². The van der Waals surface area contributed by atoms with Crippen LogP contribution in [0, 0.1) is 0 Å². The number of anilines is 3. The van der Waals surface area contributed by atoms with Crippen LogP contribution in [-0.4, -0.2) is 55.9 Å². The summed E-state index contributed by atoms with van der Waals surface area (Å²) in [4.78, 5) is 24.0. The zero-order valence-electron chi connectivity index (χ0n) is 23.5. The third kappa shape index (κ3) is 5.98. The van der Waals surface area contributed by atoms with Gasteiger partial charge in [-0.15, -0.1) is 0 Å². The summed E-state index contributed by atoms with van der Waals surface area (Å²) in [6, 6.07) is 13.3. The molecule has 3 aromatic rings. The number of halogens is 1. The highest BCUT2D eigenvalue weighted by Crippen LogP contribution is 2.56. The maximum Gasteiger partial charge on any atom is 0.412 e. The lowest BCUT2D eigenvalue weighted by atomic mass is 10.1. The SMILES string of the molecule is C[C@H]1COCCN1c1cc(C2(S(=O)(=O)c3ccc(N)cc3Cl)CC2)nc(-c2ccc(NC(=O)OC(C)(C)C)cc2)n1. The Labute approximate surface area is 245 Å². The number of aromatic nitrogens is 2. The number of carbonyl (C=O) groups is 1. The van der Waals surface area contributed by atoms with E-state index in [9.17, 15) is 13.2 Å². The molecule has 1 aliphatic heterocycles. The Morgan fingerprint density at radius 1 is 1.15 bits per heavy atom. The minimum absolute atomic E-state index is 0.0323. The molecular weight excluding hydrogens is 566 g/mol. The van der Waals surface area contributed by atoms with Crippen molar-refractivity contribution >= 4 is 44.7 Å². The molecule has 3 N–H and O–H groups in total. The maximum absolute atomic E-state index is 14.0. The number of nitrogens with one attached hydrogen (secondary N) is 1. The van der Waals surface area contributed by atoms with E-state index >= 15 is 0 Å². The van der Waals surface area contributed by atoms with E-state index in [1.807, 2.05) is 6.92 Å². The highest BCUT2D eigenvalue weighted by Gasteiger charge is 2.58. The van der Waals surface area contributed by atoms with E-state index in [-0.39, 0.29) is 16.0 Å². The van der Waals surface area contributed by atoms with Crippen LogP contribution >= 0.6 is 11.6 Å². The van der Waals surface area contributed by atoms with Crippen LogP contribution in [0.1, 0.15) is 46.2 Å². The van der Waals surface area contributed by atoms with Crippen molar-refractivity contribution in [1.29, 1.82) is 0 Å². The van der Waals surface area contributed by atoms with Gasteiger partial charge in [0.15, 0.2) is 15.7 Å². The summed E-state index contributed by atoms with van der Waals surface area (Å²) in [5.74, 6) is 1.01. The van der Waals surface area contributed by atoms with Crippen LogP contribution < -0.4 is 16.0 Å². The molecule has 0 spiro atoms. The average Bonchev–Trinajstić information content (AvgIpc) is 3.71. The van der Waals surface area contributed by atoms with Gasteiger partial charge in [0.1, 0.15) is 16.2 Å². The third-order valence-electron chi connectivity index (χ3n) is 7.09. The first-order valence-electron chi connectivity index (χ1n) is 13.4. The van der Waals surface area contributed by atoms with Crippen LogP contribution in [0.15, 0.2) is 53.4 Å². The van der Waals surface area contributed by atoms with Gasteiger partial charge in [0.25, 0.3) is 0 Å². The first-order chi connectivity index (χ1) is 19.3. The lowest BCUT2D eigenvalue weighted by Crippen LogP contribution is -2.44. The molecule has 218 valence electrons. The Morgan fingerprint density at radius 3 is 2.46 bits per heavy atom. The predicted molar refractivity (Wildman–Crippen MR) is 159 cm³/mol. The van der Waals surface area contributed by atoms with Crippen molar-refractivity contribution in [3.8, 4) is 11.4 Å². The standard InChI is InChI=1S/C29H34ClN5O5S/c1-18-17-39-14-13-35(18)25-16-24(29(11-12-29)41(37,38)23-10-7-20(31)15-22(23)30)33-26(34-25)19-5-8-21(9-6-19)32-27(36)40-28(2,3)4/h5-10,15-16,18H,11-14,17,31H2,1-4H3,(H,32,36)/t18-/m0/s1. The predicted octanol–water partition coefficient (Wildman–Crippen LogP) is 5.41. The summed E-state index contributed by atoms with van der Waals surface area (Å²) in [7, 11) is -3.91. The van der Waals surface area contributed by atoms with E-state index in [1.165, 1.54) is 18.2 Å². The highest BCUT2D eigenvalue weighted by molar-refractivity contribution is 7.92. The molecule has 5 rings (SSSR count). The summed E-state index contributed by atoms with van der Waals surface area (Å²) in [5.41, 5.74) is 7.21. The van der Waals surface area contributed by atoms with Crippen LogP contribution in [0.5, 0.6) is 0 Å². The summed E-state index contributed by atoms with van der Waals surface area (Å²) in [5, 5.41) is 2.80. The van der Waals surface area contributed by atoms with Gasteiger partial charge in [0, 0.05) is 29.5 Å². The van der Waals surface area contributed by atoms with Crippen molar-refractivity contribution in [3.05, 3.63) is 59.2 Å². The quantitative estimate of drug-likeness (QED) is 0.356. The Kier molecular flexibility index (Phi) is 7.65. The smallest absolute Gasteiger partial charge is 0.412 e. The van der Waals surface area contributed by atoms with Gasteiger partial charge >= 0.3 is 6.09 Å². The molecule has 2 aromatic carbocycles. The number of morpholine rings is 1. The minimum atomic E-state index is -3.91. The number of amides is 1. The molecule has 0 radical (unpaired) electrons. The molecular formula is C29H34ClN5O5S. The van der Waals surface area contributed by atoms with Crippen LogP contribution in [0.3, 0.4) is 0 Å². The molecule has 2 heterocycles. The number of carbonyl (C=O) groups excluding carboxylic acids is 1. The fourth-order valence-corrected chi connectivity index (χ4v) is 7.35. The second kappa shape index (κ2) is 10.8. The normalized spacial score (nSPS) is 18.6. The number of benzene rings is 2. The number of hydrogen-bond donors (Lipinski definition) is 2. The summed E-state index contributed by atoms with van der Waals surface area (Å²) in [6.07, 6.45) is 0.251. The Morgan fingerprint density at radius 2 is 1.85 bits per heavy atom. The van der Waals surface area contributed by atoms with Gasteiger partial charge < -0.3 is 20.1 Å². The average molecular weight is 600 g/mol. The van der Waals surface area contributed by atoms with Gasteiger partial charge in [-0.25, -0.2) is 23.2 Å². The van der Waals surface area contributed by atoms with Gasteiger partial charge in [0.05, 0.1) is 34.9 Å². The van der Waals surface area contributed by atoms with E-state index in [4.69, 9.17) is 36.8 Å². The molecule has 41 heavy (non-hydrogen) atoms. The van der Waals surface area contributed by atoms with E-state index in [2.05, 4.69) is 10.2 Å². The Bertz CT molecular complexity index is 1570. The fraction of sp³-hybridized carbons (Fsp3) is 0.414. The maximum atomic E-state index is 14.0. The number of nitrogens with two attached hydrogens (primary N) is 1. The van der Waals surface area contributed by atoms with Gasteiger partial charge in [-0.3, -0.25) is 5.32 Å². The van der Waals surface area contributed by atoms with Gasteiger partial charge in [-0.2, -0.15) is 0 Å². The number of ether oxygens (including phenoxy) is 2. The Balaban J connectivity index is 1.54. The number of nitrogens with zero attached hydrogens (tertiary/aromatic N) is 3. The van der Waals surface area contributed by atoms with Crippen LogP contribution in [0.4, 0.5) is 22.0 Å². The monoisotopic (exact) mass is 599 g/mol. The molecule has 2 fully saturated rings. The third-order valence-corrected chi connectivity index (χ3v) is 10.1. The topological polar surface area (TPSA) is 137 Å². The van der Waals surface area contributed by atoms with Crippen molar-refractivity contribution in [2.45, 2.75) is 61.8 Å². The van der Waals surface area contributed by atoms with E-state index < -0.39 is 26.3 Å². The van der Waals surface area contributed by atoms with Crippen molar-refractivity contribution in [1.82, 2.24) is 9.97 Å². The fourth-order valence-electron chi connectivity index (χ4n) is 4.86. The van der Waals surface area contributed by atoms with Crippen molar-refractivity contribution < 1.29 is 22.7 Å². The summed E-state index contributed by atoms with van der Waals surface area (Å²) < 4.78 is 37.8. The lowest BCUT2D eigenvalue weighted by Gasteiger charge is -2.34. The minimum Gasteiger partial charge on any atom is -0.444 e. The molecule has 1 saturated carbocycles. The van der Waals surface area contributed by atoms with Crippen LogP contribution in [-0.2, 0) is 24.1 Å². The summed E-state index contributed by atoms with van der Waals surface area (Å²) in [6.45, 7) is 9.09. The van der Waals surface area contributed by atoms with Gasteiger partial charge in [-0.05, 0) is 83.0 Å². The molecule has 0 bridgehead atoms. The molecule has 1 atom stereocenters. The van der Waals surface area contributed by atoms with Crippen LogP contribution in [0.2, 0.25) is 5.02 Å². The van der Waals surface area contributed by atoms with E-state index in [0.29, 0.717) is 66.9 Å². The first-order valence-corrected chi connectivity index (χ1v) is 15.3. The van der Waals surface area contributed by atoms with Crippen molar-refractivity contribution in [2.75, 3.05) is 35.7 Å². The molecule has 1 aromatic heterocycles. The molecule has 1 saturated heterocycles. The number of hydrogen-bond acceptors (Lipinski definition) is 9. The Hall–Kier alpha value is -3.41. The number of rotatable bonds is 6. The molecule has 12 heteroatoms. The molecule has 0 unspecified atom stereocenters. The largest absolute Gasteiger partial charge is 0.444 e. The zero-order chi connectivity index (χ0) is 29.6. The molecule has 1 amide bonds. The number of sulfone groups is 1. The highest BCUT2D eigenvalue weighted by atomic mass is 35.5. The van der Waals surface area contributed by atoms with E-state index in [0.717, 1.165) is 0 Å². The molecule has 1 aliphatic carbocycles. The first kappa shape index (κ1) is 29.1. The zero-order valence-corrected chi connectivity index (χ0v) is 25.1. The van der Waals surface area contributed by atoms with Gasteiger partial charge in [-0.1, -0.05) is 11.6 Å². The van der Waals surface area contributed by atoms with Crippen molar-refractivity contribution in [2.24, 2.45) is 0 Å².